The van der Waals surface area contributed by atoms with Crippen LogP contribution in [0.4, 0.5) is 0 Å². The summed E-state index contributed by atoms with van der Waals surface area (Å²) in [4.78, 5) is 8.39. The van der Waals surface area contributed by atoms with Crippen molar-refractivity contribution in [2.45, 2.75) is 0 Å². The Hall–Kier alpha value is -1.44. The van der Waals surface area contributed by atoms with Gasteiger partial charge < -0.3 is 0 Å². The molecule has 0 aliphatic heterocycles. The second-order valence-electron chi connectivity index (χ2n) is 2.47. The maximum absolute atomic E-state index is 4.26. The van der Waals surface area contributed by atoms with E-state index in [2.05, 4.69) is 22.1 Å². The molecule has 4 bridgehead atoms. The summed E-state index contributed by atoms with van der Waals surface area (Å²) in [6, 6.07) is 6.20. The molecule has 0 atom stereocenters. The van der Waals surface area contributed by atoms with Crippen molar-refractivity contribution in [3.63, 3.8) is 0 Å². The minimum Gasteiger partial charge on any atom is -0.236 e. The van der Waals surface area contributed by atoms with Crippen molar-refractivity contribution in [2.24, 2.45) is 0 Å². The molecule has 0 fully saturated rings. The summed E-state index contributed by atoms with van der Waals surface area (Å²) in [6.07, 6.45) is 1.87. The molecular formula is C8H4N2. The Morgan fingerprint density at radius 2 is 2.10 bits per heavy atom. The molecular weight excluding hydrogens is 124 g/mol. The summed E-state index contributed by atoms with van der Waals surface area (Å²) in [5, 5.41) is 2.29. The van der Waals surface area contributed by atoms with Gasteiger partial charge in [0, 0.05) is 17.0 Å². The minimum atomic E-state index is 0.868. The van der Waals surface area contributed by atoms with E-state index >= 15 is 0 Å². The number of fused-ring (bicyclic) bond motifs is 2. The SMILES string of the molecule is c1nc2nc3ccc2cc13. The van der Waals surface area contributed by atoms with Crippen LogP contribution in [-0.2, 0) is 0 Å². The van der Waals surface area contributed by atoms with Crippen LogP contribution in [-0.4, -0.2) is 9.97 Å². The Labute approximate surface area is 57.2 Å². The van der Waals surface area contributed by atoms with Crippen molar-refractivity contribution in [1.29, 1.82) is 0 Å². The van der Waals surface area contributed by atoms with E-state index in [1.165, 1.54) is 0 Å². The lowest BCUT2D eigenvalue weighted by Gasteiger charge is -2.03. The normalized spacial score (nSPS) is 12.0. The molecule has 2 heteroatoms. The summed E-state index contributed by atoms with van der Waals surface area (Å²) < 4.78 is 0. The first-order valence-electron chi connectivity index (χ1n) is 3.21. The Bertz CT molecular complexity index is 376. The maximum atomic E-state index is 4.26. The van der Waals surface area contributed by atoms with Gasteiger partial charge in [-0.1, -0.05) is 0 Å². The number of hydrogen-bond acceptors (Lipinski definition) is 2. The van der Waals surface area contributed by atoms with Gasteiger partial charge in [0.2, 0.25) is 0 Å². The number of hydrogen-bond donors (Lipinski definition) is 0. The van der Waals surface area contributed by atoms with Crippen LogP contribution >= 0.6 is 0 Å². The van der Waals surface area contributed by atoms with E-state index in [4.69, 9.17) is 0 Å². The minimum absolute atomic E-state index is 0.868. The lowest BCUT2D eigenvalue weighted by atomic mass is 10.1. The van der Waals surface area contributed by atoms with Crippen LogP contribution in [0.1, 0.15) is 0 Å². The predicted octanol–water partition coefficient (Wildman–Crippen LogP) is 1.66. The molecule has 46 valence electrons. The molecule has 0 saturated heterocycles. The maximum Gasteiger partial charge on any atom is 0.159 e. The standard InChI is InChI=1S/C8H4N2/c1-2-7-6-3-5(1)8(10-7)9-4-6/h1-4H. The van der Waals surface area contributed by atoms with Gasteiger partial charge in [0.25, 0.3) is 0 Å². The Morgan fingerprint density at radius 1 is 1.10 bits per heavy atom. The molecule has 5 aromatic rings. The molecule has 0 radical (unpaired) electrons. The molecule has 0 spiro atoms. The van der Waals surface area contributed by atoms with Crippen molar-refractivity contribution in [1.82, 2.24) is 9.97 Å². The molecule has 0 unspecified atom stereocenters. The number of benzene rings is 1. The molecule has 0 N–H and O–H groups in total. The zero-order chi connectivity index (χ0) is 6.55. The molecule has 1 aromatic carbocycles. The molecule has 0 aliphatic carbocycles. The highest BCUT2D eigenvalue weighted by Crippen LogP contribution is 2.21. The first kappa shape index (κ1) is 4.39. The quantitative estimate of drug-likeness (QED) is 0.460. The second kappa shape index (κ2) is 1.19. The van der Waals surface area contributed by atoms with Gasteiger partial charge in [-0.15, -0.1) is 0 Å². The first-order valence-corrected chi connectivity index (χ1v) is 3.21. The topological polar surface area (TPSA) is 25.8 Å². The van der Waals surface area contributed by atoms with E-state index in [1.807, 2.05) is 12.3 Å². The molecule has 4 aromatic heterocycles. The van der Waals surface area contributed by atoms with E-state index in [-0.39, 0.29) is 0 Å². The summed E-state index contributed by atoms with van der Waals surface area (Å²) >= 11 is 0. The number of nitrogens with zero attached hydrogens (tertiary/aromatic N) is 2. The average Bonchev–Trinajstić information content (AvgIpc) is 2.05. The molecule has 0 amide bonds. The first-order chi connectivity index (χ1) is 4.93. The van der Waals surface area contributed by atoms with Gasteiger partial charge in [-0.25, -0.2) is 9.97 Å². The smallest absolute Gasteiger partial charge is 0.159 e. The summed E-state index contributed by atoms with van der Waals surface area (Å²) in [6.45, 7) is 0. The average molecular weight is 128 g/mol. The molecule has 5 rings (SSSR count). The number of pyridine rings is 3. The predicted molar refractivity (Wildman–Crippen MR) is 39.4 cm³/mol. The van der Waals surface area contributed by atoms with E-state index in [0.29, 0.717) is 0 Å². The van der Waals surface area contributed by atoms with Gasteiger partial charge in [0.15, 0.2) is 5.65 Å². The third-order valence-corrected chi connectivity index (χ3v) is 1.84. The number of rotatable bonds is 0. The lowest BCUT2D eigenvalue weighted by molar-refractivity contribution is 1.31. The van der Waals surface area contributed by atoms with E-state index < -0.39 is 0 Å². The molecule has 0 saturated carbocycles. The van der Waals surface area contributed by atoms with Gasteiger partial charge in [0.1, 0.15) is 0 Å². The van der Waals surface area contributed by atoms with Gasteiger partial charge in [0.05, 0.1) is 5.52 Å². The highest BCUT2D eigenvalue weighted by Gasteiger charge is 2.03. The fraction of sp³-hybridized carbons (Fsp3) is 0. The van der Waals surface area contributed by atoms with Crippen LogP contribution in [0.3, 0.4) is 0 Å². The van der Waals surface area contributed by atoms with E-state index in [9.17, 15) is 0 Å². The van der Waals surface area contributed by atoms with Crippen molar-refractivity contribution in [3.8, 4) is 0 Å². The fourth-order valence-corrected chi connectivity index (χ4v) is 1.31. The molecule has 2 nitrogen and oxygen atoms in total. The van der Waals surface area contributed by atoms with Crippen LogP contribution < -0.4 is 0 Å². The van der Waals surface area contributed by atoms with Gasteiger partial charge >= 0.3 is 0 Å². The highest BCUT2D eigenvalue weighted by atomic mass is 14.9. The Kier molecular flexibility index (Phi) is 0.520. The van der Waals surface area contributed by atoms with Crippen LogP contribution in [0.25, 0.3) is 21.9 Å². The Balaban J connectivity index is 2.91. The largest absolute Gasteiger partial charge is 0.236 e. The summed E-state index contributed by atoms with van der Waals surface area (Å²) in [5.74, 6) is 0. The van der Waals surface area contributed by atoms with Gasteiger partial charge in [-0.05, 0) is 18.2 Å². The number of aromatic nitrogens is 2. The van der Waals surface area contributed by atoms with Crippen LogP contribution in [0.2, 0.25) is 0 Å². The van der Waals surface area contributed by atoms with E-state index in [0.717, 1.165) is 21.9 Å². The third-order valence-electron chi connectivity index (χ3n) is 1.84. The molecule has 4 heterocycles. The van der Waals surface area contributed by atoms with Crippen molar-refractivity contribution < 1.29 is 0 Å². The van der Waals surface area contributed by atoms with Gasteiger partial charge in [-0.2, -0.15) is 0 Å². The van der Waals surface area contributed by atoms with Crippen molar-refractivity contribution >= 4 is 21.9 Å². The highest BCUT2D eigenvalue weighted by molar-refractivity contribution is 5.95. The molecule has 10 heavy (non-hydrogen) atoms. The Morgan fingerprint density at radius 3 is 2.60 bits per heavy atom. The van der Waals surface area contributed by atoms with Crippen LogP contribution in [0.5, 0.6) is 0 Å². The zero-order valence-corrected chi connectivity index (χ0v) is 5.20. The lowest BCUT2D eigenvalue weighted by Crippen LogP contribution is -1.89. The summed E-state index contributed by atoms with van der Waals surface area (Å²) in [7, 11) is 0. The molecule has 0 aliphatic rings. The van der Waals surface area contributed by atoms with Crippen molar-refractivity contribution in [3.05, 3.63) is 24.4 Å². The monoisotopic (exact) mass is 128 g/mol. The fourth-order valence-electron chi connectivity index (χ4n) is 1.31. The second-order valence-corrected chi connectivity index (χ2v) is 2.47. The van der Waals surface area contributed by atoms with Crippen molar-refractivity contribution in [2.75, 3.05) is 0 Å². The summed E-state index contributed by atoms with van der Waals surface area (Å²) in [5.41, 5.74) is 1.92. The third kappa shape index (κ3) is 0.336. The van der Waals surface area contributed by atoms with Gasteiger partial charge in [-0.3, -0.25) is 0 Å². The van der Waals surface area contributed by atoms with E-state index in [1.54, 1.807) is 0 Å². The zero-order valence-electron chi connectivity index (χ0n) is 5.20. The van der Waals surface area contributed by atoms with Crippen LogP contribution in [0.15, 0.2) is 24.4 Å². The van der Waals surface area contributed by atoms with Crippen LogP contribution in [0, 0.1) is 0 Å².